The van der Waals surface area contributed by atoms with Gasteiger partial charge < -0.3 is 19.6 Å². The number of imidazole rings is 1. The third kappa shape index (κ3) is 2.58. The quantitative estimate of drug-likeness (QED) is 0.573. The predicted octanol–water partition coefficient (Wildman–Crippen LogP) is -0.461. The minimum atomic E-state index is -0.0138. The topological polar surface area (TPSA) is 91.8 Å². The first-order chi connectivity index (χ1) is 9.02. The van der Waals surface area contributed by atoms with Crippen LogP contribution in [0.3, 0.4) is 0 Å². The van der Waals surface area contributed by atoms with Crippen molar-refractivity contribution in [2.45, 2.75) is 0 Å². The maximum absolute atomic E-state index is 11.7. The number of anilines is 2. The smallest absolute Gasteiger partial charge is 0.241 e. The summed E-state index contributed by atoms with van der Waals surface area (Å²) in [6.07, 6.45) is 5.19. The lowest BCUT2D eigenvalue weighted by molar-refractivity contribution is -0.127. The second kappa shape index (κ2) is 5.11. The van der Waals surface area contributed by atoms with Crippen LogP contribution in [0.15, 0.2) is 18.6 Å². The Morgan fingerprint density at radius 1 is 1.47 bits per heavy atom. The molecule has 0 radical (unpaired) electrons. The van der Waals surface area contributed by atoms with Gasteiger partial charge in [-0.2, -0.15) is 0 Å². The highest BCUT2D eigenvalue weighted by Gasteiger charge is 2.15. The van der Waals surface area contributed by atoms with Crippen molar-refractivity contribution >= 4 is 23.2 Å². The maximum atomic E-state index is 11.7. The molecule has 0 aromatic carbocycles. The first-order valence-electron chi connectivity index (χ1n) is 5.74. The summed E-state index contributed by atoms with van der Waals surface area (Å²) in [5.41, 5.74) is 3.17. The first-order valence-corrected chi connectivity index (χ1v) is 5.74. The number of hydrogen-bond donors (Lipinski definition) is 2. The molecule has 2 aromatic heterocycles. The van der Waals surface area contributed by atoms with E-state index < -0.39 is 0 Å². The van der Waals surface area contributed by atoms with E-state index in [1.165, 1.54) is 4.90 Å². The Bertz CT molecular complexity index is 592. The van der Waals surface area contributed by atoms with Gasteiger partial charge in [0.1, 0.15) is 0 Å². The van der Waals surface area contributed by atoms with Gasteiger partial charge >= 0.3 is 0 Å². The van der Waals surface area contributed by atoms with Crippen molar-refractivity contribution in [2.75, 3.05) is 38.0 Å². The summed E-state index contributed by atoms with van der Waals surface area (Å²) < 4.78 is 1.80. The van der Waals surface area contributed by atoms with Gasteiger partial charge in [-0.05, 0) is 0 Å². The molecule has 0 atom stereocenters. The number of nitrogen functional groups attached to an aromatic ring is 1. The Balaban J connectivity index is 2.37. The summed E-state index contributed by atoms with van der Waals surface area (Å²) >= 11 is 0. The molecule has 0 fully saturated rings. The number of hydrogen-bond acceptors (Lipinski definition) is 6. The largest absolute Gasteiger partial charge is 0.347 e. The van der Waals surface area contributed by atoms with Gasteiger partial charge in [-0.1, -0.05) is 0 Å². The van der Waals surface area contributed by atoms with Gasteiger partial charge in [0.15, 0.2) is 17.3 Å². The zero-order valence-corrected chi connectivity index (χ0v) is 11.2. The zero-order valence-electron chi connectivity index (χ0n) is 11.2. The number of carbonyl (C=O) groups is 1. The first kappa shape index (κ1) is 13.1. The Morgan fingerprint density at radius 2 is 2.21 bits per heavy atom. The molecule has 0 aliphatic heterocycles. The van der Waals surface area contributed by atoms with Crippen LogP contribution in [-0.2, 0) is 4.79 Å². The minimum absolute atomic E-state index is 0.0138. The standard InChI is InChI=1S/C11H17N7O/c1-16(2)9(19)7-17(3)11-10-13-4-5-18(10)6-8(14-11)15-12/h4-6,15H,7,12H2,1-3H3. The molecule has 0 aliphatic rings. The molecule has 0 unspecified atom stereocenters. The van der Waals surface area contributed by atoms with E-state index in [0.717, 1.165) is 0 Å². The molecule has 0 saturated heterocycles. The number of nitrogens with one attached hydrogen (secondary N) is 1. The number of nitrogens with two attached hydrogens (primary N) is 1. The van der Waals surface area contributed by atoms with Crippen LogP contribution in [0.2, 0.25) is 0 Å². The second-order valence-corrected chi connectivity index (χ2v) is 4.40. The van der Waals surface area contributed by atoms with E-state index >= 15 is 0 Å². The van der Waals surface area contributed by atoms with Gasteiger partial charge in [0, 0.05) is 33.5 Å². The fourth-order valence-corrected chi connectivity index (χ4v) is 1.66. The third-order valence-electron chi connectivity index (χ3n) is 2.74. The molecule has 2 aromatic rings. The van der Waals surface area contributed by atoms with Crippen molar-refractivity contribution in [2.24, 2.45) is 5.84 Å². The van der Waals surface area contributed by atoms with E-state index in [4.69, 9.17) is 5.84 Å². The van der Waals surface area contributed by atoms with Crippen molar-refractivity contribution in [3.8, 4) is 0 Å². The highest BCUT2D eigenvalue weighted by Crippen LogP contribution is 2.19. The molecule has 0 aliphatic carbocycles. The van der Waals surface area contributed by atoms with Crippen LogP contribution < -0.4 is 16.2 Å². The Hall–Kier alpha value is -2.35. The number of likely N-dealkylation sites (N-methyl/N-ethyl adjacent to an activating group) is 2. The predicted molar refractivity (Wildman–Crippen MR) is 72.8 cm³/mol. The molecular formula is C11H17N7O. The molecule has 8 heteroatoms. The van der Waals surface area contributed by atoms with Gasteiger partial charge in [0.05, 0.1) is 12.7 Å². The molecule has 1 amide bonds. The highest BCUT2D eigenvalue weighted by molar-refractivity contribution is 5.82. The summed E-state index contributed by atoms with van der Waals surface area (Å²) in [6.45, 7) is 0.219. The van der Waals surface area contributed by atoms with Crippen molar-refractivity contribution in [1.29, 1.82) is 0 Å². The van der Waals surface area contributed by atoms with Crippen LogP contribution in [0, 0.1) is 0 Å². The maximum Gasteiger partial charge on any atom is 0.241 e. The number of hydrazine groups is 1. The van der Waals surface area contributed by atoms with Crippen LogP contribution in [0.4, 0.5) is 11.6 Å². The summed E-state index contributed by atoms with van der Waals surface area (Å²) in [6, 6.07) is 0. The van der Waals surface area contributed by atoms with Gasteiger partial charge in [0.2, 0.25) is 5.91 Å². The molecule has 8 nitrogen and oxygen atoms in total. The van der Waals surface area contributed by atoms with Gasteiger partial charge in [-0.3, -0.25) is 4.79 Å². The van der Waals surface area contributed by atoms with E-state index in [-0.39, 0.29) is 12.5 Å². The number of carbonyl (C=O) groups excluding carboxylic acids is 1. The Kier molecular flexibility index (Phi) is 3.52. The van der Waals surface area contributed by atoms with Crippen LogP contribution in [0.1, 0.15) is 0 Å². The molecule has 102 valence electrons. The highest BCUT2D eigenvalue weighted by atomic mass is 16.2. The van der Waals surface area contributed by atoms with Gasteiger partial charge in [-0.15, -0.1) is 0 Å². The molecule has 3 N–H and O–H groups in total. The number of fused-ring (bicyclic) bond motifs is 1. The van der Waals surface area contributed by atoms with Crippen molar-refractivity contribution in [3.63, 3.8) is 0 Å². The van der Waals surface area contributed by atoms with E-state index in [2.05, 4.69) is 15.4 Å². The summed E-state index contributed by atoms with van der Waals surface area (Å²) in [7, 11) is 5.22. The van der Waals surface area contributed by atoms with Crippen molar-refractivity contribution in [1.82, 2.24) is 19.3 Å². The fourth-order valence-electron chi connectivity index (χ4n) is 1.66. The summed E-state index contributed by atoms with van der Waals surface area (Å²) in [5, 5.41) is 0. The summed E-state index contributed by atoms with van der Waals surface area (Å²) in [5.74, 6) is 6.47. The third-order valence-corrected chi connectivity index (χ3v) is 2.74. The molecule has 2 rings (SSSR count). The molecule has 0 saturated carbocycles. The SMILES string of the molecule is CN(C)C(=O)CN(C)c1nc(NN)cn2ccnc12. The van der Waals surface area contributed by atoms with Crippen LogP contribution in [0.5, 0.6) is 0 Å². The minimum Gasteiger partial charge on any atom is -0.347 e. The van der Waals surface area contributed by atoms with Crippen LogP contribution in [0.25, 0.3) is 5.65 Å². The van der Waals surface area contributed by atoms with E-state index in [9.17, 15) is 4.79 Å². The average molecular weight is 263 g/mol. The molecule has 0 spiro atoms. The fraction of sp³-hybridized carbons (Fsp3) is 0.364. The van der Waals surface area contributed by atoms with Gasteiger partial charge in [0.25, 0.3) is 0 Å². The zero-order chi connectivity index (χ0) is 14.0. The average Bonchev–Trinajstić information content (AvgIpc) is 2.84. The lowest BCUT2D eigenvalue weighted by Crippen LogP contribution is -2.35. The number of aromatic nitrogens is 3. The molecular weight excluding hydrogens is 246 g/mol. The lowest BCUT2D eigenvalue weighted by atomic mass is 10.4. The van der Waals surface area contributed by atoms with Crippen LogP contribution >= 0.6 is 0 Å². The van der Waals surface area contributed by atoms with E-state index in [0.29, 0.717) is 17.3 Å². The molecule has 0 bridgehead atoms. The Labute approximate surface area is 110 Å². The number of rotatable bonds is 4. The Morgan fingerprint density at radius 3 is 2.84 bits per heavy atom. The second-order valence-electron chi connectivity index (χ2n) is 4.40. The monoisotopic (exact) mass is 263 g/mol. The normalized spacial score (nSPS) is 10.5. The van der Waals surface area contributed by atoms with E-state index in [1.807, 2.05) is 0 Å². The molecule has 19 heavy (non-hydrogen) atoms. The summed E-state index contributed by atoms with van der Waals surface area (Å²) in [4.78, 5) is 23.6. The van der Waals surface area contributed by atoms with Crippen molar-refractivity contribution < 1.29 is 4.79 Å². The lowest BCUT2D eigenvalue weighted by Gasteiger charge is -2.20. The van der Waals surface area contributed by atoms with E-state index in [1.54, 1.807) is 49.0 Å². The number of amides is 1. The van der Waals surface area contributed by atoms with Gasteiger partial charge in [-0.25, -0.2) is 15.8 Å². The number of nitrogens with zero attached hydrogens (tertiary/aromatic N) is 5. The molecule has 2 heterocycles. The van der Waals surface area contributed by atoms with Crippen molar-refractivity contribution in [3.05, 3.63) is 18.6 Å². The van der Waals surface area contributed by atoms with Crippen LogP contribution in [-0.4, -0.2) is 52.9 Å².